The Bertz CT molecular complexity index is 963. The molecule has 0 aliphatic carbocycles. The molecule has 0 saturated carbocycles. The van der Waals surface area contributed by atoms with Gasteiger partial charge in [0.15, 0.2) is 0 Å². The summed E-state index contributed by atoms with van der Waals surface area (Å²) in [7, 11) is 1.76. The summed E-state index contributed by atoms with van der Waals surface area (Å²) in [6.45, 7) is 7.93. The third kappa shape index (κ3) is 3.66. The summed E-state index contributed by atoms with van der Waals surface area (Å²) in [5, 5.41) is 0. The van der Waals surface area contributed by atoms with E-state index in [-0.39, 0.29) is 0 Å². The second-order valence-electron chi connectivity index (χ2n) is 7.87. The van der Waals surface area contributed by atoms with Crippen LogP contribution in [0.4, 0.5) is 5.69 Å². The van der Waals surface area contributed by atoms with E-state index in [0.29, 0.717) is 6.04 Å². The van der Waals surface area contributed by atoms with E-state index >= 15 is 0 Å². The zero-order valence-electron chi connectivity index (χ0n) is 17.2. The molecule has 2 aromatic carbocycles. The molecular formula is C24H28N2OS. The minimum atomic E-state index is 0.529. The maximum absolute atomic E-state index is 5.73. The highest BCUT2D eigenvalue weighted by atomic mass is 32.1. The van der Waals surface area contributed by atoms with Crippen molar-refractivity contribution in [2.45, 2.75) is 46.1 Å². The number of aryl methyl sites for hydroxylation is 2. The molecule has 2 heterocycles. The number of anilines is 1. The van der Waals surface area contributed by atoms with Crippen molar-refractivity contribution in [2.75, 3.05) is 18.6 Å². The van der Waals surface area contributed by atoms with Crippen LogP contribution < -0.4 is 9.64 Å². The number of rotatable bonds is 5. The van der Waals surface area contributed by atoms with Crippen LogP contribution >= 0.6 is 11.3 Å². The number of fused-ring (bicyclic) bond motifs is 1. The monoisotopic (exact) mass is 392 g/mol. The van der Waals surface area contributed by atoms with Crippen molar-refractivity contribution >= 4 is 17.0 Å². The Morgan fingerprint density at radius 1 is 1.18 bits per heavy atom. The van der Waals surface area contributed by atoms with Gasteiger partial charge >= 0.3 is 0 Å². The number of methoxy groups -OCH3 is 1. The number of aromatic nitrogens is 1. The zero-order chi connectivity index (χ0) is 19.7. The first-order valence-electron chi connectivity index (χ1n) is 10.0. The van der Waals surface area contributed by atoms with Gasteiger partial charge < -0.3 is 9.64 Å². The summed E-state index contributed by atoms with van der Waals surface area (Å²) in [5.74, 6) is 0.938. The molecule has 1 aliphatic heterocycles. The average Bonchev–Trinajstić information content (AvgIpc) is 3.20. The molecule has 4 rings (SSSR count). The van der Waals surface area contributed by atoms with Gasteiger partial charge in [-0.3, -0.25) is 4.98 Å². The van der Waals surface area contributed by atoms with Crippen molar-refractivity contribution < 1.29 is 4.74 Å². The molecule has 4 heteroatoms. The molecule has 0 bridgehead atoms. The summed E-state index contributed by atoms with van der Waals surface area (Å²) >= 11 is 1.71. The Labute approximate surface area is 172 Å². The van der Waals surface area contributed by atoms with Crippen LogP contribution in [0.1, 0.15) is 41.8 Å². The fourth-order valence-corrected chi connectivity index (χ4v) is 4.83. The minimum Gasteiger partial charge on any atom is -0.496 e. The van der Waals surface area contributed by atoms with Crippen LogP contribution in [-0.2, 0) is 12.8 Å². The number of thiazole rings is 1. The number of hydrogen-bond donors (Lipinski definition) is 0. The quantitative estimate of drug-likeness (QED) is 0.542. The lowest BCUT2D eigenvalue weighted by Crippen LogP contribution is -2.35. The van der Waals surface area contributed by atoms with Gasteiger partial charge in [-0.25, -0.2) is 0 Å². The molecular weight excluding hydrogens is 364 g/mol. The largest absolute Gasteiger partial charge is 0.496 e. The standard InChI is InChI=1S/C24H28N2OS/c1-16(2)26-9-5-6-19-13-21(17(3)10-23(19)26)22-12-18(7-8-24(22)27-4)11-20-14-25-15-28-20/h7-8,10,12-16H,5-6,9,11H2,1-4H3. The predicted octanol–water partition coefficient (Wildman–Crippen LogP) is 5.88. The van der Waals surface area contributed by atoms with E-state index in [2.05, 4.69) is 61.0 Å². The van der Waals surface area contributed by atoms with Crippen LogP contribution in [0.25, 0.3) is 11.1 Å². The maximum atomic E-state index is 5.73. The summed E-state index contributed by atoms with van der Waals surface area (Å²) in [6.07, 6.45) is 5.23. The van der Waals surface area contributed by atoms with E-state index in [4.69, 9.17) is 4.74 Å². The van der Waals surface area contributed by atoms with Crippen LogP contribution in [0, 0.1) is 6.92 Å². The Morgan fingerprint density at radius 2 is 2.04 bits per heavy atom. The second kappa shape index (κ2) is 7.96. The first-order valence-corrected chi connectivity index (χ1v) is 10.9. The van der Waals surface area contributed by atoms with Crippen LogP contribution in [0.3, 0.4) is 0 Å². The summed E-state index contributed by atoms with van der Waals surface area (Å²) < 4.78 is 5.73. The molecule has 3 aromatic rings. The van der Waals surface area contributed by atoms with Gasteiger partial charge in [-0.05, 0) is 80.1 Å². The summed E-state index contributed by atoms with van der Waals surface area (Å²) in [5.41, 5.74) is 9.82. The topological polar surface area (TPSA) is 25.4 Å². The molecule has 0 N–H and O–H groups in total. The number of benzene rings is 2. The lowest BCUT2D eigenvalue weighted by atomic mass is 9.90. The normalized spacial score (nSPS) is 13.7. The van der Waals surface area contributed by atoms with Gasteiger partial charge in [0.1, 0.15) is 5.75 Å². The van der Waals surface area contributed by atoms with Crippen LogP contribution in [0.2, 0.25) is 0 Å². The van der Waals surface area contributed by atoms with Crippen molar-refractivity contribution in [1.29, 1.82) is 0 Å². The highest BCUT2D eigenvalue weighted by molar-refractivity contribution is 7.09. The summed E-state index contributed by atoms with van der Waals surface area (Å²) in [6, 6.07) is 11.9. The van der Waals surface area contributed by atoms with Gasteiger partial charge in [0, 0.05) is 41.3 Å². The SMILES string of the molecule is COc1ccc(Cc2cncs2)cc1-c1cc2c(cc1C)N(C(C)C)CCC2. The maximum Gasteiger partial charge on any atom is 0.126 e. The van der Waals surface area contributed by atoms with Gasteiger partial charge in [-0.2, -0.15) is 0 Å². The number of ether oxygens (including phenoxy) is 1. The highest BCUT2D eigenvalue weighted by Crippen LogP contribution is 2.39. The lowest BCUT2D eigenvalue weighted by molar-refractivity contribution is 0.416. The Kier molecular flexibility index (Phi) is 5.40. The third-order valence-electron chi connectivity index (χ3n) is 5.62. The van der Waals surface area contributed by atoms with E-state index < -0.39 is 0 Å². The highest BCUT2D eigenvalue weighted by Gasteiger charge is 2.21. The Hall–Kier alpha value is -2.33. The molecule has 0 amide bonds. The molecule has 0 saturated heterocycles. The fourth-order valence-electron chi connectivity index (χ4n) is 4.20. The Balaban J connectivity index is 1.77. The minimum absolute atomic E-state index is 0.529. The zero-order valence-corrected chi connectivity index (χ0v) is 18.0. The van der Waals surface area contributed by atoms with Crippen LogP contribution in [0.15, 0.2) is 42.0 Å². The van der Waals surface area contributed by atoms with Crippen molar-refractivity contribution in [3.8, 4) is 16.9 Å². The molecule has 3 nitrogen and oxygen atoms in total. The van der Waals surface area contributed by atoms with Gasteiger partial charge in [-0.1, -0.05) is 6.07 Å². The van der Waals surface area contributed by atoms with Gasteiger partial charge in [0.2, 0.25) is 0 Å². The van der Waals surface area contributed by atoms with E-state index in [1.54, 1.807) is 18.4 Å². The molecule has 1 aliphatic rings. The molecule has 1 aromatic heterocycles. The molecule has 0 atom stereocenters. The van der Waals surface area contributed by atoms with Gasteiger partial charge in [0.05, 0.1) is 12.6 Å². The van der Waals surface area contributed by atoms with Crippen molar-refractivity contribution in [3.05, 3.63) is 63.6 Å². The molecule has 0 spiro atoms. The molecule has 28 heavy (non-hydrogen) atoms. The first kappa shape index (κ1) is 19.0. The number of nitrogens with zero attached hydrogens (tertiary/aromatic N) is 2. The average molecular weight is 393 g/mol. The van der Waals surface area contributed by atoms with Gasteiger partial charge in [-0.15, -0.1) is 11.3 Å². The molecule has 0 unspecified atom stereocenters. The van der Waals surface area contributed by atoms with E-state index in [1.165, 1.54) is 44.8 Å². The first-order chi connectivity index (χ1) is 13.6. The second-order valence-corrected chi connectivity index (χ2v) is 8.84. The lowest BCUT2D eigenvalue weighted by Gasteiger charge is -2.35. The van der Waals surface area contributed by atoms with Crippen molar-refractivity contribution in [1.82, 2.24) is 4.98 Å². The van der Waals surface area contributed by atoms with Crippen molar-refractivity contribution in [3.63, 3.8) is 0 Å². The van der Waals surface area contributed by atoms with Crippen molar-refractivity contribution in [2.24, 2.45) is 0 Å². The summed E-state index contributed by atoms with van der Waals surface area (Å²) in [4.78, 5) is 8.02. The third-order valence-corrected chi connectivity index (χ3v) is 6.40. The molecule has 146 valence electrons. The van der Waals surface area contributed by atoms with E-state index in [9.17, 15) is 0 Å². The smallest absolute Gasteiger partial charge is 0.126 e. The van der Waals surface area contributed by atoms with E-state index in [1.807, 2.05) is 11.7 Å². The fraction of sp³-hybridized carbons (Fsp3) is 0.375. The van der Waals surface area contributed by atoms with Crippen LogP contribution in [-0.4, -0.2) is 24.7 Å². The predicted molar refractivity (Wildman–Crippen MR) is 119 cm³/mol. The van der Waals surface area contributed by atoms with E-state index in [0.717, 1.165) is 25.1 Å². The molecule has 0 radical (unpaired) electrons. The van der Waals surface area contributed by atoms with Gasteiger partial charge in [0.25, 0.3) is 0 Å². The number of hydrogen-bond acceptors (Lipinski definition) is 4. The molecule has 0 fully saturated rings. The van der Waals surface area contributed by atoms with Crippen LogP contribution in [0.5, 0.6) is 5.75 Å². The Morgan fingerprint density at radius 3 is 2.75 bits per heavy atom.